The number of sulfonamides is 1. The van der Waals surface area contributed by atoms with E-state index < -0.39 is 10.0 Å². The molecule has 0 saturated heterocycles. The van der Waals surface area contributed by atoms with Gasteiger partial charge in [0.15, 0.2) is 5.82 Å². The van der Waals surface area contributed by atoms with Crippen LogP contribution in [0.2, 0.25) is 0 Å². The molecule has 0 radical (unpaired) electrons. The predicted molar refractivity (Wildman–Crippen MR) is 75.5 cm³/mol. The maximum atomic E-state index is 12.3. The summed E-state index contributed by atoms with van der Waals surface area (Å²) in [5.74, 6) is 5.34. The van der Waals surface area contributed by atoms with Gasteiger partial charge >= 0.3 is 0 Å². The highest BCUT2D eigenvalue weighted by Gasteiger charge is 2.19. The second-order valence-corrected chi connectivity index (χ2v) is 6.05. The Kier molecular flexibility index (Phi) is 3.91. The summed E-state index contributed by atoms with van der Waals surface area (Å²) >= 11 is 0. The maximum Gasteiger partial charge on any atom is 0.265 e. The molecule has 0 amide bonds. The van der Waals surface area contributed by atoms with Gasteiger partial charge in [-0.1, -0.05) is 0 Å². The minimum absolute atomic E-state index is 0.0280. The standard InChI is InChI=1S/C11H16N6O2S/c1-8(2)17-7-9(6-14-17)16-20(18,19)10-4-3-5-13-11(10)15-12/h3-8,16H,12H2,1-2H3,(H,13,15). The lowest BCUT2D eigenvalue weighted by Crippen LogP contribution is -2.18. The smallest absolute Gasteiger partial charge is 0.265 e. The van der Waals surface area contributed by atoms with Gasteiger partial charge in [-0.15, -0.1) is 0 Å². The molecule has 0 atom stereocenters. The van der Waals surface area contributed by atoms with Crippen LogP contribution in [0.1, 0.15) is 19.9 Å². The summed E-state index contributed by atoms with van der Waals surface area (Å²) in [6, 6.07) is 3.08. The first-order chi connectivity index (χ1) is 9.44. The van der Waals surface area contributed by atoms with Crippen molar-refractivity contribution in [2.24, 2.45) is 5.84 Å². The monoisotopic (exact) mass is 296 g/mol. The van der Waals surface area contributed by atoms with E-state index in [0.29, 0.717) is 5.69 Å². The van der Waals surface area contributed by atoms with E-state index >= 15 is 0 Å². The number of nitrogens with zero attached hydrogens (tertiary/aromatic N) is 3. The third-order valence-corrected chi connectivity index (χ3v) is 3.99. The SMILES string of the molecule is CC(C)n1cc(NS(=O)(=O)c2cccnc2NN)cn1. The highest BCUT2D eigenvalue weighted by atomic mass is 32.2. The topological polar surface area (TPSA) is 115 Å². The quantitative estimate of drug-likeness (QED) is 0.559. The Morgan fingerprint density at radius 1 is 1.40 bits per heavy atom. The molecule has 0 aromatic carbocycles. The summed E-state index contributed by atoms with van der Waals surface area (Å²) < 4.78 is 28.6. The average Bonchev–Trinajstić information content (AvgIpc) is 2.86. The van der Waals surface area contributed by atoms with Gasteiger partial charge < -0.3 is 5.43 Å². The van der Waals surface area contributed by atoms with E-state index in [-0.39, 0.29) is 16.8 Å². The van der Waals surface area contributed by atoms with Crippen molar-refractivity contribution in [2.75, 3.05) is 10.1 Å². The molecule has 0 aliphatic heterocycles. The van der Waals surface area contributed by atoms with Crippen LogP contribution >= 0.6 is 0 Å². The van der Waals surface area contributed by atoms with Gasteiger partial charge in [0.25, 0.3) is 10.0 Å². The molecule has 2 rings (SSSR count). The number of hydrogen-bond donors (Lipinski definition) is 3. The largest absolute Gasteiger partial charge is 0.307 e. The van der Waals surface area contributed by atoms with Crippen LogP contribution in [0, 0.1) is 0 Å². The molecule has 0 fully saturated rings. The Balaban J connectivity index is 2.31. The molecule has 20 heavy (non-hydrogen) atoms. The zero-order chi connectivity index (χ0) is 14.8. The first-order valence-corrected chi connectivity index (χ1v) is 7.41. The average molecular weight is 296 g/mol. The number of rotatable bonds is 5. The highest BCUT2D eigenvalue weighted by molar-refractivity contribution is 7.92. The molecule has 8 nitrogen and oxygen atoms in total. The number of nitrogen functional groups attached to an aromatic ring is 1. The fourth-order valence-corrected chi connectivity index (χ4v) is 2.75. The molecular formula is C11H16N6O2S. The van der Waals surface area contributed by atoms with Gasteiger partial charge in [0.1, 0.15) is 4.90 Å². The molecule has 2 heterocycles. The van der Waals surface area contributed by atoms with Crippen molar-refractivity contribution >= 4 is 21.5 Å². The first kappa shape index (κ1) is 14.3. The Bertz CT molecular complexity index is 694. The van der Waals surface area contributed by atoms with Crippen LogP contribution in [0.3, 0.4) is 0 Å². The van der Waals surface area contributed by atoms with E-state index in [1.165, 1.54) is 24.5 Å². The van der Waals surface area contributed by atoms with Crippen LogP contribution in [0.4, 0.5) is 11.5 Å². The lowest BCUT2D eigenvalue weighted by atomic mass is 10.4. The van der Waals surface area contributed by atoms with E-state index in [9.17, 15) is 8.42 Å². The molecule has 9 heteroatoms. The number of pyridine rings is 1. The van der Waals surface area contributed by atoms with Gasteiger partial charge in [-0.25, -0.2) is 19.2 Å². The van der Waals surface area contributed by atoms with Gasteiger partial charge in [0, 0.05) is 18.4 Å². The normalized spacial score (nSPS) is 11.6. The van der Waals surface area contributed by atoms with E-state index in [1.54, 1.807) is 10.9 Å². The summed E-state index contributed by atoms with van der Waals surface area (Å²) in [5.41, 5.74) is 2.64. The van der Waals surface area contributed by atoms with Crippen molar-refractivity contribution < 1.29 is 8.42 Å². The van der Waals surface area contributed by atoms with E-state index in [4.69, 9.17) is 5.84 Å². The van der Waals surface area contributed by atoms with E-state index in [0.717, 1.165) is 0 Å². The molecule has 0 aliphatic carbocycles. The Hall–Kier alpha value is -2.13. The second kappa shape index (κ2) is 5.47. The van der Waals surface area contributed by atoms with Crippen LogP contribution in [-0.4, -0.2) is 23.2 Å². The lowest BCUT2D eigenvalue weighted by molar-refractivity contribution is 0.532. The van der Waals surface area contributed by atoms with Crippen molar-refractivity contribution in [3.63, 3.8) is 0 Å². The van der Waals surface area contributed by atoms with Crippen LogP contribution in [-0.2, 0) is 10.0 Å². The molecule has 2 aromatic heterocycles. The fraction of sp³-hybridized carbons (Fsp3) is 0.273. The predicted octanol–water partition coefficient (Wildman–Crippen LogP) is 0.945. The summed E-state index contributed by atoms with van der Waals surface area (Å²) in [5, 5.41) is 4.07. The minimum Gasteiger partial charge on any atom is -0.307 e. The summed E-state index contributed by atoms with van der Waals surface area (Å²) in [6.07, 6.45) is 4.52. The number of aromatic nitrogens is 3. The van der Waals surface area contributed by atoms with Gasteiger partial charge in [0.2, 0.25) is 0 Å². The van der Waals surface area contributed by atoms with Gasteiger partial charge in [-0.05, 0) is 26.0 Å². The van der Waals surface area contributed by atoms with Gasteiger partial charge in [-0.3, -0.25) is 9.40 Å². The van der Waals surface area contributed by atoms with Crippen LogP contribution in [0.5, 0.6) is 0 Å². The molecule has 0 saturated carbocycles. The van der Waals surface area contributed by atoms with Crippen molar-refractivity contribution in [1.82, 2.24) is 14.8 Å². The third-order valence-electron chi connectivity index (χ3n) is 2.58. The van der Waals surface area contributed by atoms with Crippen LogP contribution in [0.15, 0.2) is 35.6 Å². The summed E-state index contributed by atoms with van der Waals surface area (Å²) in [7, 11) is -3.78. The summed E-state index contributed by atoms with van der Waals surface area (Å²) in [4.78, 5) is 3.83. The Morgan fingerprint density at radius 2 is 2.15 bits per heavy atom. The number of hydrogen-bond acceptors (Lipinski definition) is 6. The molecule has 0 bridgehead atoms. The number of anilines is 2. The van der Waals surface area contributed by atoms with Crippen LogP contribution < -0.4 is 16.0 Å². The maximum absolute atomic E-state index is 12.3. The summed E-state index contributed by atoms with van der Waals surface area (Å²) in [6.45, 7) is 3.89. The zero-order valence-electron chi connectivity index (χ0n) is 11.1. The fourth-order valence-electron chi connectivity index (χ4n) is 1.60. The third kappa shape index (κ3) is 2.89. The molecule has 0 unspecified atom stereocenters. The number of nitrogens with two attached hydrogens (primary N) is 1. The van der Waals surface area contributed by atoms with Gasteiger partial charge in [0.05, 0.1) is 11.9 Å². The Morgan fingerprint density at radius 3 is 2.75 bits per heavy atom. The lowest BCUT2D eigenvalue weighted by Gasteiger charge is -2.09. The van der Waals surface area contributed by atoms with E-state index in [2.05, 4.69) is 20.2 Å². The highest BCUT2D eigenvalue weighted by Crippen LogP contribution is 2.21. The number of nitrogens with one attached hydrogen (secondary N) is 2. The molecule has 0 aliphatic rings. The van der Waals surface area contributed by atoms with Crippen molar-refractivity contribution in [2.45, 2.75) is 24.8 Å². The molecule has 108 valence electrons. The minimum atomic E-state index is -3.78. The Labute approximate surface area is 117 Å². The molecular weight excluding hydrogens is 280 g/mol. The molecule has 4 N–H and O–H groups in total. The molecule has 0 spiro atoms. The zero-order valence-corrected chi connectivity index (χ0v) is 11.9. The first-order valence-electron chi connectivity index (χ1n) is 5.92. The second-order valence-electron chi connectivity index (χ2n) is 4.40. The van der Waals surface area contributed by atoms with Crippen molar-refractivity contribution in [3.8, 4) is 0 Å². The van der Waals surface area contributed by atoms with E-state index in [1.807, 2.05) is 13.8 Å². The molecule has 2 aromatic rings. The van der Waals surface area contributed by atoms with Crippen LogP contribution in [0.25, 0.3) is 0 Å². The van der Waals surface area contributed by atoms with Gasteiger partial charge in [-0.2, -0.15) is 5.10 Å². The van der Waals surface area contributed by atoms with Crippen molar-refractivity contribution in [3.05, 3.63) is 30.7 Å². The number of hydrazine groups is 1. The van der Waals surface area contributed by atoms with Crippen molar-refractivity contribution in [1.29, 1.82) is 0 Å².